The number of halogens is 2. The average molecular weight is 388 g/mol. The molecule has 6 heteroatoms. The molecule has 1 aromatic heterocycles. The van der Waals surface area contributed by atoms with Gasteiger partial charge in [0.25, 0.3) is 0 Å². The number of nitrogens with one attached hydrogen (secondary N) is 1. The number of carbonyl (C=O) groups excluding carboxylic acids is 2. The fourth-order valence-corrected chi connectivity index (χ4v) is 3.70. The van der Waals surface area contributed by atoms with Gasteiger partial charge in [-0.3, -0.25) is 9.59 Å². The van der Waals surface area contributed by atoms with E-state index in [1.54, 1.807) is 11.4 Å². The lowest BCUT2D eigenvalue weighted by Gasteiger charge is -2.06. The van der Waals surface area contributed by atoms with Gasteiger partial charge in [-0.05, 0) is 30.2 Å². The van der Waals surface area contributed by atoms with Crippen LogP contribution in [-0.4, -0.2) is 12.2 Å². The third-order valence-electron chi connectivity index (χ3n) is 3.91. The molecule has 0 aliphatic heterocycles. The fourth-order valence-electron chi connectivity index (χ4n) is 2.59. The summed E-state index contributed by atoms with van der Waals surface area (Å²) in [5, 5.41) is 5.11. The van der Waals surface area contributed by atoms with Crippen LogP contribution in [0.4, 0.5) is 9.39 Å². The number of thiophene rings is 1. The summed E-state index contributed by atoms with van der Waals surface area (Å²) in [6, 6.07) is 13.9. The van der Waals surface area contributed by atoms with Crippen molar-refractivity contribution in [3.05, 3.63) is 75.9 Å². The second-order valence-electron chi connectivity index (χ2n) is 5.67. The first kappa shape index (κ1) is 18.3. The van der Waals surface area contributed by atoms with E-state index in [-0.39, 0.29) is 22.1 Å². The van der Waals surface area contributed by atoms with Crippen molar-refractivity contribution < 1.29 is 14.0 Å². The minimum atomic E-state index is -0.514. The van der Waals surface area contributed by atoms with Gasteiger partial charge in [0, 0.05) is 28.0 Å². The summed E-state index contributed by atoms with van der Waals surface area (Å²) in [5.41, 5.74) is 2.05. The van der Waals surface area contributed by atoms with E-state index in [9.17, 15) is 14.0 Å². The number of benzene rings is 2. The van der Waals surface area contributed by atoms with Gasteiger partial charge in [-0.25, -0.2) is 4.39 Å². The average Bonchev–Trinajstić information content (AvgIpc) is 3.03. The van der Waals surface area contributed by atoms with Crippen molar-refractivity contribution >= 4 is 40.1 Å². The summed E-state index contributed by atoms with van der Waals surface area (Å²) in [5.74, 6) is -0.706. The lowest BCUT2D eigenvalue weighted by molar-refractivity contribution is -0.116. The molecule has 0 bridgehead atoms. The lowest BCUT2D eigenvalue weighted by Crippen LogP contribution is -2.12. The van der Waals surface area contributed by atoms with Crippen molar-refractivity contribution in [2.75, 3.05) is 5.32 Å². The Hall–Kier alpha value is -2.50. The first-order valence-electron chi connectivity index (χ1n) is 7.94. The van der Waals surface area contributed by atoms with Gasteiger partial charge in [-0.2, -0.15) is 0 Å². The first-order valence-corrected chi connectivity index (χ1v) is 9.20. The zero-order valence-corrected chi connectivity index (χ0v) is 15.2. The molecule has 0 saturated carbocycles. The van der Waals surface area contributed by atoms with E-state index < -0.39 is 5.82 Å². The first-order chi connectivity index (χ1) is 12.6. The zero-order chi connectivity index (χ0) is 18.5. The molecule has 1 heterocycles. The molecule has 26 heavy (non-hydrogen) atoms. The van der Waals surface area contributed by atoms with Gasteiger partial charge in [0.05, 0.1) is 5.56 Å². The van der Waals surface area contributed by atoms with Gasteiger partial charge < -0.3 is 5.32 Å². The van der Waals surface area contributed by atoms with Crippen LogP contribution in [0.15, 0.2) is 53.9 Å². The van der Waals surface area contributed by atoms with Crippen LogP contribution in [0.5, 0.6) is 0 Å². The Kier molecular flexibility index (Phi) is 5.81. The van der Waals surface area contributed by atoms with Crippen LogP contribution in [0.2, 0.25) is 5.02 Å². The largest absolute Gasteiger partial charge is 0.317 e. The number of aryl methyl sites for hydroxylation is 1. The number of anilines is 1. The van der Waals surface area contributed by atoms with E-state index in [2.05, 4.69) is 5.32 Å². The summed E-state index contributed by atoms with van der Waals surface area (Å²) >= 11 is 6.97. The number of carbonyl (C=O) groups is 2. The highest BCUT2D eigenvalue weighted by atomic mass is 35.5. The summed E-state index contributed by atoms with van der Waals surface area (Å²) < 4.78 is 14.1. The Morgan fingerprint density at radius 2 is 1.92 bits per heavy atom. The van der Waals surface area contributed by atoms with Crippen LogP contribution in [-0.2, 0) is 11.2 Å². The van der Waals surface area contributed by atoms with Crippen molar-refractivity contribution in [1.82, 2.24) is 0 Å². The van der Waals surface area contributed by atoms with Crippen LogP contribution in [0.3, 0.4) is 0 Å². The number of hydrogen-bond acceptors (Lipinski definition) is 3. The third-order valence-corrected chi connectivity index (χ3v) is 5.05. The van der Waals surface area contributed by atoms with Crippen molar-refractivity contribution in [2.45, 2.75) is 12.8 Å². The Morgan fingerprint density at radius 1 is 1.15 bits per heavy atom. The van der Waals surface area contributed by atoms with Crippen molar-refractivity contribution in [2.24, 2.45) is 0 Å². The number of rotatable bonds is 6. The minimum Gasteiger partial charge on any atom is -0.317 e. The zero-order valence-electron chi connectivity index (χ0n) is 13.7. The molecule has 0 aliphatic carbocycles. The SMILES string of the molecule is O=Cc1c(-c2ccc(Cl)cc2F)csc1NC(=O)CCc1ccccc1. The molecule has 0 radical (unpaired) electrons. The van der Waals surface area contributed by atoms with Crippen LogP contribution < -0.4 is 5.32 Å². The molecule has 1 N–H and O–H groups in total. The molecule has 2 aromatic carbocycles. The van der Waals surface area contributed by atoms with Crippen molar-refractivity contribution in [3.8, 4) is 11.1 Å². The molecule has 0 aliphatic rings. The molecule has 3 aromatic rings. The molecule has 3 nitrogen and oxygen atoms in total. The van der Waals surface area contributed by atoms with E-state index >= 15 is 0 Å². The Morgan fingerprint density at radius 3 is 2.62 bits per heavy atom. The third kappa shape index (κ3) is 4.18. The van der Waals surface area contributed by atoms with E-state index in [0.717, 1.165) is 5.56 Å². The summed E-state index contributed by atoms with van der Waals surface area (Å²) in [6.07, 6.45) is 1.53. The van der Waals surface area contributed by atoms with Crippen LogP contribution >= 0.6 is 22.9 Å². The van der Waals surface area contributed by atoms with Crippen LogP contribution in [0, 0.1) is 5.82 Å². The quantitative estimate of drug-likeness (QED) is 0.560. The van der Waals surface area contributed by atoms with Gasteiger partial charge in [0.2, 0.25) is 5.91 Å². The summed E-state index contributed by atoms with van der Waals surface area (Å²) in [7, 11) is 0. The Labute approximate surface area is 159 Å². The van der Waals surface area contributed by atoms with Crippen LogP contribution in [0.1, 0.15) is 22.3 Å². The highest BCUT2D eigenvalue weighted by Crippen LogP contribution is 2.36. The molecular formula is C20H15ClFNO2S. The topological polar surface area (TPSA) is 46.2 Å². The number of aldehydes is 1. The van der Waals surface area contributed by atoms with Gasteiger partial charge in [0.1, 0.15) is 10.8 Å². The Bertz CT molecular complexity index is 940. The smallest absolute Gasteiger partial charge is 0.225 e. The van der Waals surface area contributed by atoms with Crippen LogP contribution in [0.25, 0.3) is 11.1 Å². The van der Waals surface area contributed by atoms with Crippen molar-refractivity contribution in [1.29, 1.82) is 0 Å². The minimum absolute atomic E-state index is 0.193. The molecule has 1 amide bonds. The molecule has 0 unspecified atom stereocenters. The monoisotopic (exact) mass is 387 g/mol. The van der Waals surface area contributed by atoms with E-state index in [4.69, 9.17) is 11.6 Å². The molecule has 0 spiro atoms. The molecule has 0 fully saturated rings. The molecule has 0 saturated heterocycles. The standard InChI is InChI=1S/C20H15ClFNO2S/c21-14-7-8-15(18(22)10-14)17-12-26-20(16(17)11-24)23-19(25)9-6-13-4-2-1-3-5-13/h1-5,7-8,10-12H,6,9H2,(H,23,25). The normalized spacial score (nSPS) is 10.5. The molecular weight excluding hydrogens is 373 g/mol. The highest BCUT2D eigenvalue weighted by molar-refractivity contribution is 7.15. The lowest BCUT2D eigenvalue weighted by atomic mass is 10.0. The van der Waals surface area contributed by atoms with Gasteiger partial charge in [-0.1, -0.05) is 41.9 Å². The molecule has 3 rings (SSSR count). The predicted octanol–water partition coefficient (Wildman–Crippen LogP) is 5.59. The van der Waals surface area contributed by atoms with E-state index in [1.807, 2.05) is 30.3 Å². The maximum absolute atomic E-state index is 14.1. The number of amides is 1. The van der Waals surface area contributed by atoms with Gasteiger partial charge in [0.15, 0.2) is 6.29 Å². The maximum Gasteiger partial charge on any atom is 0.225 e. The van der Waals surface area contributed by atoms with Gasteiger partial charge >= 0.3 is 0 Å². The second kappa shape index (κ2) is 8.25. The maximum atomic E-state index is 14.1. The highest BCUT2D eigenvalue weighted by Gasteiger charge is 2.17. The molecule has 132 valence electrons. The van der Waals surface area contributed by atoms with Crippen molar-refractivity contribution in [3.63, 3.8) is 0 Å². The number of hydrogen-bond donors (Lipinski definition) is 1. The summed E-state index contributed by atoms with van der Waals surface area (Å²) in [4.78, 5) is 23.7. The summed E-state index contributed by atoms with van der Waals surface area (Å²) in [6.45, 7) is 0. The predicted molar refractivity (Wildman–Crippen MR) is 104 cm³/mol. The second-order valence-corrected chi connectivity index (χ2v) is 6.98. The molecule has 0 atom stereocenters. The van der Waals surface area contributed by atoms with E-state index in [1.165, 1.54) is 23.5 Å². The Balaban J connectivity index is 1.75. The van der Waals surface area contributed by atoms with Gasteiger partial charge in [-0.15, -0.1) is 11.3 Å². The van der Waals surface area contributed by atoms with E-state index in [0.29, 0.717) is 29.7 Å². The fraction of sp³-hybridized carbons (Fsp3) is 0.100.